The number of aromatic nitrogens is 2. The molecule has 3 N–H and O–H groups in total. The topological polar surface area (TPSA) is 153 Å². The van der Waals surface area contributed by atoms with Crippen molar-refractivity contribution >= 4 is 0 Å². The Labute approximate surface area is 105 Å². The largest absolute Gasteiger partial charge is 0.394 e. The summed E-state index contributed by atoms with van der Waals surface area (Å²) in [6.45, 7) is -0.493. The molecule has 1 aliphatic heterocycles. The van der Waals surface area contributed by atoms with Crippen LogP contribution in [0.1, 0.15) is 6.23 Å². The standard InChI is InChI=1S/C9H11N5O5/c10-13-12-6-7(17)4(3-15)19-8(6)14-2-1-5(16)11-9(14)18/h1-2,4,6-8,15,17H,3H2,(H,11,16,18)/t4-,6?,7?,8-/m0/s1. The summed E-state index contributed by atoms with van der Waals surface area (Å²) in [5.74, 6) is 0. The number of rotatable bonds is 3. The number of H-pyrrole nitrogens is 1. The maximum Gasteiger partial charge on any atom is 0.330 e. The molecule has 2 unspecified atom stereocenters. The maximum atomic E-state index is 11.6. The number of azide groups is 1. The Morgan fingerprint density at radius 2 is 2.32 bits per heavy atom. The Kier molecular flexibility index (Phi) is 3.67. The Hall–Kier alpha value is -2.13. The second-order valence-corrected chi connectivity index (χ2v) is 3.95. The van der Waals surface area contributed by atoms with Gasteiger partial charge in [-0.2, -0.15) is 0 Å². The number of aromatic amines is 1. The van der Waals surface area contributed by atoms with E-state index in [9.17, 15) is 14.7 Å². The van der Waals surface area contributed by atoms with E-state index in [1.807, 2.05) is 4.98 Å². The molecule has 102 valence electrons. The van der Waals surface area contributed by atoms with Gasteiger partial charge in [-0.3, -0.25) is 14.3 Å². The first-order chi connectivity index (χ1) is 9.08. The van der Waals surface area contributed by atoms with Crippen molar-refractivity contribution in [1.82, 2.24) is 9.55 Å². The highest BCUT2D eigenvalue weighted by molar-refractivity contribution is 4.96. The van der Waals surface area contributed by atoms with Crippen molar-refractivity contribution in [3.8, 4) is 0 Å². The van der Waals surface area contributed by atoms with Crippen molar-refractivity contribution in [3.63, 3.8) is 0 Å². The van der Waals surface area contributed by atoms with Crippen LogP contribution in [-0.4, -0.2) is 44.6 Å². The normalized spacial score (nSPS) is 30.0. The summed E-state index contributed by atoms with van der Waals surface area (Å²) in [4.78, 5) is 27.2. The average molecular weight is 269 g/mol. The molecule has 0 amide bonds. The molecule has 1 aliphatic rings. The van der Waals surface area contributed by atoms with E-state index >= 15 is 0 Å². The fourth-order valence-electron chi connectivity index (χ4n) is 1.92. The Balaban J connectivity index is 2.44. The number of nitrogens with zero attached hydrogens (tertiary/aromatic N) is 4. The van der Waals surface area contributed by atoms with Crippen molar-refractivity contribution < 1.29 is 14.9 Å². The molecule has 0 aromatic carbocycles. The van der Waals surface area contributed by atoms with Gasteiger partial charge in [0, 0.05) is 17.2 Å². The second-order valence-electron chi connectivity index (χ2n) is 3.95. The third-order valence-corrected chi connectivity index (χ3v) is 2.83. The van der Waals surface area contributed by atoms with Gasteiger partial charge in [-0.15, -0.1) is 0 Å². The minimum atomic E-state index is -1.25. The summed E-state index contributed by atoms with van der Waals surface area (Å²) in [7, 11) is 0. The number of aliphatic hydroxyl groups is 2. The van der Waals surface area contributed by atoms with E-state index in [4.69, 9.17) is 15.4 Å². The van der Waals surface area contributed by atoms with Crippen molar-refractivity contribution in [2.75, 3.05) is 6.61 Å². The van der Waals surface area contributed by atoms with E-state index in [0.29, 0.717) is 0 Å². The number of hydrogen-bond acceptors (Lipinski definition) is 6. The van der Waals surface area contributed by atoms with E-state index in [2.05, 4.69) is 10.0 Å². The molecular formula is C9H11N5O5. The van der Waals surface area contributed by atoms with E-state index in [0.717, 1.165) is 16.8 Å². The molecule has 1 saturated heterocycles. The number of nitrogens with one attached hydrogen (secondary N) is 1. The van der Waals surface area contributed by atoms with Gasteiger partial charge in [-0.05, 0) is 5.53 Å². The number of aliphatic hydroxyl groups excluding tert-OH is 2. The summed E-state index contributed by atoms with van der Waals surface area (Å²) in [6, 6.07) is 0.0158. The van der Waals surface area contributed by atoms with Gasteiger partial charge in [0.05, 0.1) is 12.7 Å². The molecule has 0 spiro atoms. The lowest BCUT2D eigenvalue weighted by molar-refractivity contribution is -0.0464. The first-order valence-electron chi connectivity index (χ1n) is 5.38. The molecule has 1 aromatic heterocycles. The summed E-state index contributed by atoms with van der Waals surface area (Å²) in [5.41, 5.74) is 7.12. The Morgan fingerprint density at radius 1 is 1.58 bits per heavy atom. The Bertz CT molecular complexity index is 618. The molecule has 2 rings (SSSR count). The molecule has 4 atom stereocenters. The zero-order valence-electron chi connectivity index (χ0n) is 9.58. The van der Waals surface area contributed by atoms with Crippen molar-refractivity contribution in [2.45, 2.75) is 24.5 Å². The predicted molar refractivity (Wildman–Crippen MR) is 61.3 cm³/mol. The van der Waals surface area contributed by atoms with E-state index in [1.54, 1.807) is 0 Å². The van der Waals surface area contributed by atoms with Gasteiger partial charge in [-0.25, -0.2) is 4.79 Å². The number of ether oxygens (including phenoxy) is 1. The van der Waals surface area contributed by atoms with Crippen LogP contribution >= 0.6 is 0 Å². The van der Waals surface area contributed by atoms with Crippen LogP contribution in [0.3, 0.4) is 0 Å². The van der Waals surface area contributed by atoms with Crippen LogP contribution in [0.2, 0.25) is 0 Å². The van der Waals surface area contributed by atoms with Gasteiger partial charge in [0.15, 0.2) is 0 Å². The molecule has 0 radical (unpaired) electrons. The summed E-state index contributed by atoms with van der Waals surface area (Å²) >= 11 is 0. The van der Waals surface area contributed by atoms with Crippen LogP contribution < -0.4 is 11.2 Å². The lowest BCUT2D eigenvalue weighted by Gasteiger charge is -2.17. The van der Waals surface area contributed by atoms with Gasteiger partial charge < -0.3 is 14.9 Å². The van der Waals surface area contributed by atoms with Gasteiger partial charge in [0.2, 0.25) is 0 Å². The van der Waals surface area contributed by atoms with Crippen LogP contribution in [0.5, 0.6) is 0 Å². The zero-order valence-corrected chi connectivity index (χ0v) is 9.58. The van der Waals surface area contributed by atoms with E-state index < -0.39 is 42.3 Å². The first-order valence-corrected chi connectivity index (χ1v) is 5.38. The summed E-state index contributed by atoms with van der Waals surface area (Å²) in [6.07, 6.45) is -2.14. The molecule has 0 bridgehead atoms. The van der Waals surface area contributed by atoms with Crippen LogP contribution in [0.25, 0.3) is 10.4 Å². The first kappa shape index (κ1) is 13.3. The van der Waals surface area contributed by atoms with Crippen molar-refractivity contribution in [1.29, 1.82) is 0 Å². The minimum absolute atomic E-state index is 0.493. The molecule has 10 nitrogen and oxygen atoms in total. The molecule has 10 heteroatoms. The van der Waals surface area contributed by atoms with Gasteiger partial charge in [0.25, 0.3) is 5.56 Å². The van der Waals surface area contributed by atoms with Crippen molar-refractivity contribution in [3.05, 3.63) is 43.5 Å². The quantitative estimate of drug-likeness (QED) is 0.345. The fraction of sp³-hybridized carbons (Fsp3) is 0.556. The molecule has 0 aliphatic carbocycles. The fourth-order valence-corrected chi connectivity index (χ4v) is 1.92. The van der Waals surface area contributed by atoms with Crippen molar-refractivity contribution in [2.24, 2.45) is 5.11 Å². The minimum Gasteiger partial charge on any atom is -0.394 e. The molecule has 19 heavy (non-hydrogen) atoms. The third-order valence-electron chi connectivity index (χ3n) is 2.83. The maximum absolute atomic E-state index is 11.6. The Morgan fingerprint density at radius 3 is 2.89 bits per heavy atom. The summed E-state index contributed by atoms with van der Waals surface area (Å²) in [5, 5.41) is 22.2. The highest BCUT2D eigenvalue weighted by Gasteiger charge is 2.44. The smallest absolute Gasteiger partial charge is 0.330 e. The van der Waals surface area contributed by atoms with Gasteiger partial charge in [0.1, 0.15) is 18.4 Å². The second kappa shape index (κ2) is 5.24. The highest BCUT2D eigenvalue weighted by atomic mass is 16.5. The average Bonchev–Trinajstić information content (AvgIpc) is 2.68. The predicted octanol–water partition coefficient (Wildman–Crippen LogP) is -1.53. The number of hydrogen-bond donors (Lipinski definition) is 3. The van der Waals surface area contributed by atoms with Crippen LogP contribution in [0, 0.1) is 0 Å². The lowest BCUT2D eigenvalue weighted by atomic mass is 10.1. The molecular weight excluding hydrogens is 258 g/mol. The van der Waals surface area contributed by atoms with E-state index in [-0.39, 0.29) is 0 Å². The monoisotopic (exact) mass is 269 g/mol. The van der Waals surface area contributed by atoms with Crippen LogP contribution in [0.15, 0.2) is 27.0 Å². The molecule has 1 aromatic rings. The highest BCUT2D eigenvalue weighted by Crippen LogP contribution is 2.30. The molecule has 2 heterocycles. The zero-order chi connectivity index (χ0) is 14.0. The third kappa shape index (κ3) is 2.37. The van der Waals surface area contributed by atoms with E-state index in [1.165, 1.54) is 0 Å². The van der Waals surface area contributed by atoms with Crippen LogP contribution in [0.4, 0.5) is 0 Å². The van der Waals surface area contributed by atoms with Gasteiger partial charge in [-0.1, -0.05) is 5.11 Å². The molecule has 1 fully saturated rings. The SMILES string of the molecule is [N-]=[N+]=NC1C(O)[C@H](CO)O[C@@H]1n1ccc(=O)[nH]c1=O. The summed E-state index contributed by atoms with van der Waals surface area (Å²) < 4.78 is 6.26. The van der Waals surface area contributed by atoms with Crippen LogP contribution in [-0.2, 0) is 4.74 Å². The lowest BCUT2D eigenvalue weighted by Crippen LogP contribution is -2.36. The van der Waals surface area contributed by atoms with Gasteiger partial charge >= 0.3 is 5.69 Å². The molecule has 0 saturated carbocycles.